The van der Waals surface area contributed by atoms with E-state index in [0.29, 0.717) is 0 Å². The lowest BCUT2D eigenvalue weighted by molar-refractivity contribution is -0.155. The normalized spacial score (nSPS) is 29.7. The fourth-order valence-electron chi connectivity index (χ4n) is 6.00. The third kappa shape index (κ3) is 2.79. The number of ether oxygens (including phenoxy) is 1. The van der Waals surface area contributed by atoms with E-state index in [1.54, 1.807) is 7.11 Å². The highest BCUT2D eigenvalue weighted by Gasteiger charge is 2.53. The summed E-state index contributed by atoms with van der Waals surface area (Å²) in [5.41, 5.74) is 3.45. The summed E-state index contributed by atoms with van der Waals surface area (Å²) < 4.78 is 7.74. The van der Waals surface area contributed by atoms with Crippen LogP contribution in [0, 0.1) is 11.8 Å². The van der Waals surface area contributed by atoms with Crippen molar-refractivity contribution in [3.63, 3.8) is 0 Å². The Kier molecular flexibility index (Phi) is 4.48. The zero-order valence-corrected chi connectivity index (χ0v) is 17.0. The van der Waals surface area contributed by atoms with E-state index >= 15 is 0 Å². The van der Waals surface area contributed by atoms with Gasteiger partial charge in [-0.25, -0.2) is 4.98 Å². The number of likely N-dealkylation sites (tertiary alicyclic amines) is 1. The molecule has 1 aliphatic heterocycles. The summed E-state index contributed by atoms with van der Waals surface area (Å²) in [4.78, 5) is 7.08. The Labute approximate surface area is 167 Å². The second-order valence-corrected chi connectivity index (χ2v) is 8.99. The summed E-state index contributed by atoms with van der Waals surface area (Å²) in [5.74, 6) is 2.34. The number of rotatable bonds is 4. The lowest BCUT2D eigenvalue weighted by atomic mass is 9.65. The largest absolute Gasteiger partial charge is 0.496 e. The lowest BCUT2D eigenvalue weighted by Gasteiger charge is -2.52. The maximum atomic E-state index is 11.8. The smallest absolute Gasteiger partial charge is 0.141 e. The van der Waals surface area contributed by atoms with Gasteiger partial charge in [0.25, 0.3) is 0 Å². The molecule has 5 rings (SSSR count). The number of benzene rings is 1. The highest BCUT2D eigenvalue weighted by Crippen LogP contribution is 2.49. The minimum absolute atomic E-state index is 0.238. The number of aromatic nitrogens is 2. The van der Waals surface area contributed by atoms with Crippen molar-refractivity contribution in [2.45, 2.75) is 50.7 Å². The fraction of sp³-hybridized carbons (Fsp3) is 0.609. The van der Waals surface area contributed by atoms with Crippen molar-refractivity contribution in [3.05, 3.63) is 47.0 Å². The van der Waals surface area contributed by atoms with Crippen LogP contribution in [0.2, 0.25) is 0 Å². The molecule has 0 unspecified atom stereocenters. The molecule has 28 heavy (non-hydrogen) atoms. The number of aryl methyl sites for hydroxylation is 3. The monoisotopic (exact) mass is 381 g/mol. The number of methoxy groups -OCH3 is 1. The summed E-state index contributed by atoms with van der Waals surface area (Å²) in [5, 5.41) is 11.8. The van der Waals surface area contributed by atoms with E-state index < -0.39 is 5.60 Å². The number of hydrogen-bond acceptors (Lipinski definition) is 4. The van der Waals surface area contributed by atoms with Crippen LogP contribution in [0.25, 0.3) is 0 Å². The second-order valence-electron chi connectivity index (χ2n) is 8.99. The van der Waals surface area contributed by atoms with E-state index in [0.717, 1.165) is 44.0 Å². The molecule has 3 aliphatic rings. The van der Waals surface area contributed by atoms with Crippen molar-refractivity contribution in [2.24, 2.45) is 18.9 Å². The van der Waals surface area contributed by atoms with Crippen LogP contribution in [-0.2, 0) is 32.0 Å². The average Bonchev–Trinajstić information content (AvgIpc) is 3.30. The van der Waals surface area contributed by atoms with Gasteiger partial charge in [-0.2, -0.15) is 0 Å². The van der Waals surface area contributed by atoms with Gasteiger partial charge in [0.05, 0.1) is 7.11 Å². The first-order chi connectivity index (χ1) is 13.6. The molecule has 0 spiro atoms. The van der Waals surface area contributed by atoms with Crippen LogP contribution >= 0.6 is 0 Å². The number of hydrogen-bond donors (Lipinski definition) is 1. The molecular formula is C23H31N3O2. The molecule has 2 fully saturated rings. The quantitative estimate of drug-likeness (QED) is 0.884. The Morgan fingerprint density at radius 3 is 2.50 bits per heavy atom. The first kappa shape index (κ1) is 18.2. The second kappa shape index (κ2) is 6.89. The molecule has 150 valence electrons. The van der Waals surface area contributed by atoms with E-state index in [1.807, 2.05) is 24.0 Å². The standard InChI is InChI=1S/C23H31N3O2/c1-25-10-9-24-22(25)23(27)19-7-4-8-20(23)15-26(14-19)13-18-11-16-5-3-6-17(16)12-21(18)28-2/h9-12,19-20,27H,3-8,13-15H2,1-2H3/t19-,20-/m1/s1. The molecule has 5 heteroatoms. The number of nitrogens with zero attached hydrogens (tertiary/aromatic N) is 3. The molecule has 2 bridgehead atoms. The van der Waals surface area contributed by atoms with E-state index in [2.05, 4.69) is 22.0 Å². The van der Waals surface area contributed by atoms with Gasteiger partial charge in [-0.3, -0.25) is 4.90 Å². The van der Waals surface area contributed by atoms with Gasteiger partial charge in [0, 0.05) is 56.5 Å². The van der Waals surface area contributed by atoms with Gasteiger partial charge in [-0.05, 0) is 49.3 Å². The van der Waals surface area contributed by atoms with Gasteiger partial charge in [0.15, 0.2) is 0 Å². The van der Waals surface area contributed by atoms with Crippen LogP contribution in [0.4, 0.5) is 0 Å². The van der Waals surface area contributed by atoms with Gasteiger partial charge >= 0.3 is 0 Å². The van der Waals surface area contributed by atoms with Crippen LogP contribution in [0.3, 0.4) is 0 Å². The van der Waals surface area contributed by atoms with Crippen molar-refractivity contribution < 1.29 is 9.84 Å². The van der Waals surface area contributed by atoms with Crippen molar-refractivity contribution >= 4 is 0 Å². The number of fused-ring (bicyclic) bond motifs is 3. The summed E-state index contributed by atoms with van der Waals surface area (Å²) in [6.45, 7) is 2.74. The highest BCUT2D eigenvalue weighted by molar-refractivity contribution is 5.45. The number of imidazole rings is 1. The van der Waals surface area contributed by atoms with Gasteiger partial charge in [0.2, 0.25) is 0 Å². The van der Waals surface area contributed by atoms with Crippen LogP contribution in [0.1, 0.15) is 48.2 Å². The Balaban J connectivity index is 1.41. The van der Waals surface area contributed by atoms with E-state index in [-0.39, 0.29) is 11.8 Å². The topological polar surface area (TPSA) is 50.5 Å². The van der Waals surface area contributed by atoms with Gasteiger partial charge in [0.1, 0.15) is 17.2 Å². The third-order valence-corrected chi connectivity index (χ3v) is 7.38. The van der Waals surface area contributed by atoms with Crippen LogP contribution in [0.5, 0.6) is 5.75 Å². The molecule has 0 amide bonds. The Bertz CT molecular complexity index is 861. The number of aliphatic hydroxyl groups is 1. The SMILES string of the molecule is COc1cc2c(cc1CN1C[C@H]3CCC[C@H](C1)C3(O)c1nccn1C)CCC2. The molecule has 1 saturated carbocycles. The molecule has 2 aliphatic carbocycles. The molecule has 1 saturated heterocycles. The van der Waals surface area contributed by atoms with Crippen LogP contribution in [0.15, 0.2) is 24.5 Å². The van der Waals surface area contributed by atoms with Crippen LogP contribution < -0.4 is 4.74 Å². The molecule has 1 aromatic heterocycles. The van der Waals surface area contributed by atoms with E-state index in [9.17, 15) is 5.11 Å². The van der Waals surface area contributed by atoms with Gasteiger partial charge in [-0.15, -0.1) is 0 Å². The van der Waals surface area contributed by atoms with Gasteiger partial charge in [-0.1, -0.05) is 12.5 Å². The molecule has 1 aromatic carbocycles. The van der Waals surface area contributed by atoms with Crippen molar-refractivity contribution in [3.8, 4) is 5.75 Å². The molecular weight excluding hydrogens is 350 g/mol. The average molecular weight is 382 g/mol. The van der Waals surface area contributed by atoms with E-state index in [1.165, 1.54) is 42.4 Å². The zero-order valence-electron chi connectivity index (χ0n) is 17.0. The molecule has 2 atom stereocenters. The fourth-order valence-corrected chi connectivity index (χ4v) is 6.00. The summed E-state index contributed by atoms with van der Waals surface area (Å²) in [6.07, 6.45) is 10.7. The molecule has 1 N–H and O–H groups in total. The van der Waals surface area contributed by atoms with E-state index in [4.69, 9.17) is 4.74 Å². The summed E-state index contributed by atoms with van der Waals surface area (Å²) >= 11 is 0. The first-order valence-electron chi connectivity index (χ1n) is 10.7. The van der Waals surface area contributed by atoms with Crippen molar-refractivity contribution in [1.29, 1.82) is 0 Å². The molecule has 2 aromatic rings. The minimum Gasteiger partial charge on any atom is -0.496 e. The molecule has 0 radical (unpaired) electrons. The summed E-state index contributed by atoms with van der Waals surface area (Å²) in [7, 11) is 3.78. The number of piperidine rings is 1. The van der Waals surface area contributed by atoms with Crippen molar-refractivity contribution in [1.82, 2.24) is 14.5 Å². The maximum absolute atomic E-state index is 11.8. The zero-order chi connectivity index (χ0) is 19.3. The summed E-state index contributed by atoms with van der Waals surface area (Å²) in [6, 6.07) is 4.63. The minimum atomic E-state index is -0.797. The van der Waals surface area contributed by atoms with Crippen molar-refractivity contribution in [2.75, 3.05) is 20.2 Å². The first-order valence-corrected chi connectivity index (χ1v) is 10.7. The Morgan fingerprint density at radius 1 is 1.14 bits per heavy atom. The molecule has 2 heterocycles. The highest BCUT2D eigenvalue weighted by atomic mass is 16.5. The van der Waals surface area contributed by atoms with Crippen LogP contribution in [-0.4, -0.2) is 39.8 Å². The molecule has 5 nitrogen and oxygen atoms in total. The maximum Gasteiger partial charge on any atom is 0.141 e. The Morgan fingerprint density at radius 2 is 1.86 bits per heavy atom. The van der Waals surface area contributed by atoms with Gasteiger partial charge < -0.3 is 14.4 Å². The third-order valence-electron chi connectivity index (χ3n) is 7.38. The predicted octanol–water partition coefficient (Wildman–Crippen LogP) is 3.04. The lowest BCUT2D eigenvalue weighted by Crippen LogP contribution is -2.58. The Hall–Kier alpha value is -1.85. The predicted molar refractivity (Wildman–Crippen MR) is 108 cm³/mol.